The van der Waals surface area contributed by atoms with Crippen LogP contribution in [0.25, 0.3) is 100 Å². The first-order chi connectivity index (χ1) is 24.7. The molecule has 0 aliphatic carbocycles. The van der Waals surface area contributed by atoms with Crippen LogP contribution < -0.4 is 0 Å². The molecule has 50 heavy (non-hydrogen) atoms. The Labute approximate surface area is 287 Å². The maximum absolute atomic E-state index is 6.40. The summed E-state index contributed by atoms with van der Waals surface area (Å²) in [4.78, 5) is 14.7. The lowest BCUT2D eigenvalue weighted by atomic mass is 9.97. The Balaban J connectivity index is 1.03. The molecule has 234 valence electrons. The summed E-state index contributed by atoms with van der Waals surface area (Å²) in [5.41, 5.74) is 10.6. The number of hydrogen-bond acceptors (Lipinski definition) is 5. The number of nitrogens with zero attached hydrogens (tertiary/aromatic N) is 3. The van der Waals surface area contributed by atoms with E-state index in [0.29, 0.717) is 17.5 Å². The van der Waals surface area contributed by atoms with Gasteiger partial charge in [0.25, 0.3) is 0 Å². The van der Waals surface area contributed by atoms with E-state index >= 15 is 0 Å². The molecule has 10 aromatic rings. The summed E-state index contributed by atoms with van der Waals surface area (Å²) in [5, 5.41) is 4.38. The minimum absolute atomic E-state index is 0.630. The number of hydrogen-bond donors (Lipinski definition) is 0. The van der Waals surface area contributed by atoms with E-state index in [1.807, 2.05) is 84.9 Å². The Morgan fingerprint density at radius 2 is 0.700 bits per heavy atom. The largest absolute Gasteiger partial charge is 0.456 e. The lowest BCUT2D eigenvalue weighted by Gasteiger charge is -2.10. The zero-order valence-corrected chi connectivity index (χ0v) is 26.7. The van der Waals surface area contributed by atoms with Gasteiger partial charge in [-0.2, -0.15) is 0 Å². The van der Waals surface area contributed by atoms with Crippen LogP contribution in [0.4, 0.5) is 0 Å². The molecular weight excluding hydrogens is 615 g/mol. The van der Waals surface area contributed by atoms with Crippen LogP contribution in [0.2, 0.25) is 0 Å². The highest BCUT2D eigenvalue weighted by Gasteiger charge is 2.15. The van der Waals surface area contributed by atoms with Gasteiger partial charge in [0.1, 0.15) is 22.3 Å². The Bertz CT molecular complexity index is 2810. The molecule has 0 amide bonds. The fourth-order valence-corrected chi connectivity index (χ4v) is 6.83. The second-order valence-corrected chi connectivity index (χ2v) is 12.5. The van der Waals surface area contributed by atoms with Gasteiger partial charge in [0, 0.05) is 44.3 Å². The third-order valence-electron chi connectivity index (χ3n) is 9.32. The van der Waals surface area contributed by atoms with Gasteiger partial charge in [-0.25, -0.2) is 15.0 Å². The lowest BCUT2D eigenvalue weighted by molar-refractivity contribution is 0.656. The normalized spacial score (nSPS) is 11.6. The molecule has 0 radical (unpaired) electrons. The van der Waals surface area contributed by atoms with E-state index in [9.17, 15) is 0 Å². The van der Waals surface area contributed by atoms with Gasteiger partial charge in [-0.3, -0.25) is 0 Å². The predicted octanol–water partition coefficient (Wildman–Crippen LogP) is 12.0. The quantitative estimate of drug-likeness (QED) is 0.187. The van der Waals surface area contributed by atoms with E-state index < -0.39 is 0 Å². The van der Waals surface area contributed by atoms with Gasteiger partial charge in [-0.15, -0.1) is 0 Å². The van der Waals surface area contributed by atoms with Gasteiger partial charge < -0.3 is 8.83 Å². The van der Waals surface area contributed by atoms with Crippen LogP contribution in [-0.2, 0) is 0 Å². The molecule has 3 heterocycles. The first kappa shape index (κ1) is 28.2. The molecule has 5 nitrogen and oxygen atoms in total. The molecule has 0 fully saturated rings. The van der Waals surface area contributed by atoms with Crippen molar-refractivity contribution in [1.82, 2.24) is 15.0 Å². The van der Waals surface area contributed by atoms with E-state index in [2.05, 4.69) is 78.9 Å². The number of furan rings is 2. The standard InChI is InChI=1S/C45H27N3O2/c1-3-11-28(12-4-1)43-46-44(29-13-5-2-6-14-29)48-45(47-43)34-18-10-17-32(24-34)30-15-9-16-31(23-30)33-21-22-36-38-26-37-35-19-7-8-20-39(35)49-41(37)27-42(38)50-40(36)25-33/h1-27H. The molecule has 0 atom stereocenters. The topological polar surface area (TPSA) is 65.0 Å². The van der Waals surface area contributed by atoms with Crippen molar-refractivity contribution >= 4 is 43.9 Å². The highest BCUT2D eigenvalue weighted by atomic mass is 16.3. The van der Waals surface area contributed by atoms with Crippen molar-refractivity contribution in [1.29, 1.82) is 0 Å². The predicted molar refractivity (Wildman–Crippen MR) is 202 cm³/mol. The highest BCUT2D eigenvalue weighted by Crippen LogP contribution is 2.38. The number of aromatic nitrogens is 3. The van der Waals surface area contributed by atoms with E-state index in [1.165, 1.54) is 0 Å². The van der Waals surface area contributed by atoms with E-state index in [-0.39, 0.29) is 0 Å². The molecule has 0 spiro atoms. The van der Waals surface area contributed by atoms with Crippen molar-refractivity contribution in [3.05, 3.63) is 164 Å². The number of benzene rings is 7. The summed E-state index contributed by atoms with van der Waals surface area (Å²) in [5.74, 6) is 1.92. The van der Waals surface area contributed by atoms with Crippen molar-refractivity contribution < 1.29 is 8.83 Å². The third kappa shape index (κ3) is 4.83. The van der Waals surface area contributed by atoms with Crippen molar-refractivity contribution in [2.24, 2.45) is 0 Å². The minimum Gasteiger partial charge on any atom is -0.456 e. The molecule has 0 saturated heterocycles. The zero-order chi connectivity index (χ0) is 33.0. The van der Waals surface area contributed by atoms with E-state index in [0.717, 1.165) is 82.8 Å². The maximum atomic E-state index is 6.40. The van der Waals surface area contributed by atoms with Crippen molar-refractivity contribution in [3.8, 4) is 56.4 Å². The zero-order valence-electron chi connectivity index (χ0n) is 26.7. The first-order valence-corrected chi connectivity index (χ1v) is 16.6. The van der Waals surface area contributed by atoms with Crippen LogP contribution in [-0.4, -0.2) is 15.0 Å². The Hall–Kier alpha value is -6.85. The molecule has 0 aliphatic rings. The monoisotopic (exact) mass is 641 g/mol. The van der Waals surface area contributed by atoms with Crippen molar-refractivity contribution in [3.63, 3.8) is 0 Å². The average molecular weight is 642 g/mol. The number of fused-ring (bicyclic) bond motifs is 6. The van der Waals surface area contributed by atoms with Crippen LogP contribution in [0.15, 0.2) is 173 Å². The van der Waals surface area contributed by atoms with E-state index in [4.69, 9.17) is 23.8 Å². The molecule has 0 unspecified atom stereocenters. The van der Waals surface area contributed by atoms with Crippen LogP contribution >= 0.6 is 0 Å². The van der Waals surface area contributed by atoms with Gasteiger partial charge in [-0.05, 0) is 58.7 Å². The van der Waals surface area contributed by atoms with Crippen LogP contribution in [0.3, 0.4) is 0 Å². The SMILES string of the molecule is c1ccc(-c2nc(-c3ccccc3)nc(-c3cccc(-c4cccc(-c5ccc6c(c5)oc5cc7oc8ccccc8c7cc56)c4)c3)n2)cc1. The summed E-state index contributed by atoms with van der Waals surface area (Å²) in [6, 6.07) is 55.9. The summed E-state index contributed by atoms with van der Waals surface area (Å²) < 4.78 is 12.5. The molecule has 0 saturated carbocycles. The van der Waals surface area contributed by atoms with Crippen LogP contribution in [0, 0.1) is 0 Å². The summed E-state index contributed by atoms with van der Waals surface area (Å²) in [6.45, 7) is 0. The van der Waals surface area contributed by atoms with Crippen molar-refractivity contribution in [2.75, 3.05) is 0 Å². The number of rotatable bonds is 5. The smallest absolute Gasteiger partial charge is 0.164 e. The van der Waals surface area contributed by atoms with Gasteiger partial charge in [0.15, 0.2) is 17.5 Å². The average Bonchev–Trinajstić information content (AvgIpc) is 3.74. The molecule has 0 N–H and O–H groups in total. The molecular formula is C45H27N3O2. The van der Waals surface area contributed by atoms with Gasteiger partial charge in [0.05, 0.1) is 0 Å². The third-order valence-corrected chi connectivity index (χ3v) is 9.32. The molecule has 0 aliphatic heterocycles. The number of para-hydroxylation sites is 1. The summed E-state index contributed by atoms with van der Waals surface area (Å²) in [7, 11) is 0. The Morgan fingerprint density at radius 1 is 0.260 bits per heavy atom. The molecule has 5 heteroatoms. The van der Waals surface area contributed by atoms with Crippen molar-refractivity contribution in [2.45, 2.75) is 0 Å². The second kappa shape index (κ2) is 11.4. The van der Waals surface area contributed by atoms with E-state index in [1.54, 1.807) is 0 Å². The fourth-order valence-electron chi connectivity index (χ4n) is 6.83. The van der Waals surface area contributed by atoms with Gasteiger partial charge in [-0.1, -0.05) is 121 Å². The molecule has 0 bridgehead atoms. The second-order valence-electron chi connectivity index (χ2n) is 12.5. The molecule has 7 aromatic carbocycles. The van der Waals surface area contributed by atoms with Crippen LogP contribution in [0.5, 0.6) is 0 Å². The highest BCUT2D eigenvalue weighted by molar-refractivity contribution is 6.15. The summed E-state index contributed by atoms with van der Waals surface area (Å²) >= 11 is 0. The van der Waals surface area contributed by atoms with Gasteiger partial charge in [0.2, 0.25) is 0 Å². The van der Waals surface area contributed by atoms with Crippen LogP contribution in [0.1, 0.15) is 0 Å². The summed E-state index contributed by atoms with van der Waals surface area (Å²) in [6.07, 6.45) is 0. The molecule has 3 aromatic heterocycles. The first-order valence-electron chi connectivity index (χ1n) is 16.6. The maximum Gasteiger partial charge on any atom is 0.164 e. The molecule has 10 rings (SSSR count). The Morgan fingerprint density at radius 3 is 1.34 bits per heavy atom. The Kier molecular flexibility index (Phi) is 6.42. The van der Waals surface area contributed by atoms with Gasteiger partial charge >= 0.3 is 0 Å². The fraction of sp³-hybridized carbons (Fsp3) is 0. The lowest BCUT2D eigenvalue weighted by Crippen LogP contribution is -2.00. The minimum atomic E-state index is 0.630.